The van der Waals surface area contributed by atoms with Crippen LogP contribution >= 0.6 is 0 Å². The van der Waals surface area contributed by atoms with Gasteiger partial charge < -0.3 is 24.8 Å². The topological polar surface area (TPSA) is 0 Å². The van der Waals surface area contributed by atoms with Gasteiger partial charge in [0.05, 0.1) is 0 Å². The Balaban J connectivity index is -0.000000189. The third-order valence-corrected chi connectivity index (χ3v) is 2.10. The number of aryl methyl sites for hydroxylation is 3. The molecule has 3 heteroatoms. The van der Waals surface area contributed by atoms with Gasteiger partial charge in [-0.05, 0) is 0 Å². The minimum Gasteiger partial charge on any atom is -1.00 e. The molecular weight excluding hydrogens is 318 g/mol. The van der Waals surface area contributed by atoms with E-state index in [-0.39, 0.29) is 51.0 Å². The van der Waals surface area contributed by atoms with E-state index in [2.05, 4.69) is 45.1 Å². The summed E-state index contributed by atoms with van der Waals surface area (Å²) in [5.41, 5.74) is 4.19. The molecule has 0 aromatic heterocycles. The zero-order valence-corrected chi connectivity index (χ0v) is 13.8. The largest absolute Gasteiger partial charge is 4.00 e. The molecule has 0 bridgehead atoms. The fourth-order valence-electron chi connectivity index (χ4n) is 1.29. The van der Waals surface area contributed by atoms with Crippen LogP contribution in [-0.4, -0.2) is 0 Å². The Bertz CT molecular complexity index is 295. The third-order valence-electron chi connectivity index (χ3n) is 2.10. The smallest absolute Gasteiger partial charge is 1.00 e. The number of halogens is 2. The summed E-state index contributed by atoms with van der Waals surface area (Å²) in [7, 11) is 0. The summed E-state index contributed by atoms with van der Waals surface area (Å²) < 4.78 is 0. The fourth-order valence-corrected chi connectivity index (χ4v) is 1.29. The molecule has 0 heterocycles. The molecule has 1 aliphatic carbocycles. The summed E-state index contributed by atoms with van der Waals surface area (Å²) in [5, 5.41) is 0. The zero-order valence-electron chi connectivity index (χ0n) is 9.85. The quantitative estimate of drug-likeness (QED) is 0.466. The van der Waals surface area contributed by atoms with Crippen LogP contribution in [0.2, 0.25) is 0 Å². The summed E-state index contributed by atoms with van der Waals surface area (Å²) in [4.78, 5) is 0. The minimum atomic E-state index is 0. The minimum absolute atomic E-state index is 0. The van der Waals surface area contributed by atoms with Crippen molar-refractivity contribution < 1.29 is 51.0 Å². The van der Waals surface area contributed by atoms with Crippen molar-refractivity contribution >= 4 is 0 Å². The van der Waals surface area contributed by atoms with Crippen LogP contribution < -0.4 is 24.8 Å². The van der Waals surface area contributed by atoms with E-state index >= 15 is 0 Å². The van der Waals surface area contributed by atoms with Crippen molar-refractivity contribution in [1.82, 2.24) is 0 Å². The van der Waals surface area contributed by atoms with Crippen LogP contribution in [-0.2, 0) is 26.2 Å². The maximum Gasteiger partial charge on any atom is 4.00 e. The van der Waals surface area contributed by atoms with Gasteiger partial charge in [-0.15, -0.1) is 6.42 Å². The van der Waals surface area contributed by atoms with Gasteiger partial charge >= 0.3 is 26.2 Å². The van der Waals surface area contributed by atoms with E-state index in [1.807, 2.05) is 12.2 Å². The van der Waals surface area contributed by atoms with Crippen LogP contribution in [0, 0.1) is 26.8 Å². The Labute approximate surface area is 131 Å². The van der Waals surface area contributed by atoms with Gasteiger partial charge in [0.2, 0.25) is 0 Å². The molecule has 1 aromatic carbocycles. The van der Waals surface area contributed by atoms with E-state index < -0.39 is 0 Å². The molecule has 0 saturated carbocycles. The molecule has 0 spiro atoms. The van der Waals surface area contributed by atoms with Gasteiger partial charge in [0.25, 0.3) is 0 Å². The summed E-state index contributed by atoms with van der Waals surface area (Å²) in [6.07, 6.45) is 10.0. The molecule has 0 nitrogen and oxygen atoms in total. The van der Waals surface area contributed by atoms with E-state index in [4.69, 9.17) is 0 Å². The first-order valence-corrected chi connectivity index (χ1v) is 4.62. The van der Waals surface area contributed by atoms with Gasteiger partial charge in [-0.2, -0.15) is 23.3 Å². The molecule has 0 atom stereocenters. The average molecular weight is 334 g/mol. The van der Waals surface area contributed by atoms with E-state index in [0.717, 1.165) is 6.42 Å². The molecule has 1 aliphatic rings. The van der Waals surface area contributed by atoms with Crippen LogP contribution in [0.3, 0.4) is 0 Å². The second-order valence-corrected chi connectivity index (χ2v) is 3.40. The van der Waals surface area contributed by atoms with Gasteiger partial charge in [0.15, 0.2) is 0 Å². The molecule has 1 aromatic rings. The second kappa shape index (κ2) is 11.8. The fraction of sp³-hybridized carbons (Fsp3) is 0.308. The Kier molecular flexibility index (Phi) is 15.9. The molecule has 0 N–H and O–H groups in total. The summed E-state index contributed by atoms with van der Waals surface area (Å²) in [5.74, 6) is 0. The molecule has 0 radical (unpaired) electrons. The molecule has 0 fully saturated rings. The van der Waals surface area contributed by atoms with Crippen molar-refractivity contribution in [2.75, 3.05) is 0 Å². The predicted molar refractivity (Wildman–Crippen MR) is 57.8 cm³/mol. The van der Waals surface area contributed by atoms with Crippen LogP contribution in [0.4, 0.5) is 0 Å². The van der Waals surface area contributed by atoms with Gasteiger partial charge in [-0.25, -0.2) is 23.8 Å². The van der Waals surface area contributed by atoms with Gasteiger partial charge in [0, 0.05) is 0 Å². The van der Waals surface area contributed by atoms with Crippen molar-refractivity contribution in [3.05, 3.63) is 53.1 Å². The third kappa shape index (κ3) is 8.45. The van der Waals surface area contributed by atoms with Crippen LogP contribution in [0.5, 0.6) is 0 Å². The molecule has 2 rings (SSSR count). The van der Waals surface area contributed by atoms with E-state index in [1.165, 1.54) is 16.7 Å². The van der Waals surface area contributed by atoms with Gasteiger partial charge in [-0.1, -0.05) is 20.8 Å². The van der Waals surface area contributed by atoms with Crippen molar-refractivity contribution in [1.29, 1.82) is 0 Å². The predicted octanol–water partition coefficient (Wildman–Crippen LogP) is -2.36. The Morgan fingerprint density at radius 1 is 1.25 bits per heavy atom. The van der Waals surface area contributed by atoms with Crippen LogP contribution in [0.25, 0.3) is 0 Å². The number of rotatable bonds is 0. The Morgan fingerprint density at radius 3 is 2.00 bits per heavy atom. The molecular formula is C13H16Cl2Zr. The van der Waals surface area contributed by atoms with E-state index in [9.17, 15) is 0 Å². The van der Waals surface area contributed by atoms with Crippen LogP contribution in [0.1, 0.15) is 23.1 Å². The standard InChI is InChI=1S/C8H11.C5H5.2ClH.Zr/c1-6-4-7(2)8(3)5-6;1-2-4-5-3-1;;;/h4-5H,1-3H3;1-3H,4H2;2*1H;/q2*-1;;;+4/p-2. The Hall–Kier alpha value is 0.293. The molecule has 0 saturated heterocycles. The summed E-state index contributed by atoms with van der Waals surface area (Å²) in [6.45, 7) is 6.41. The SMILES string of the molecule is Cc1cc(C)[c-](C)c1.[C-]1=CC=CC1.[Cl-].[Cl-].[Zr+4]. The van der Waals surface area contributed by atoms with E-state index in [0.29, 0.717) is 0 Å². The van der Waals surface area contributed by atoms with Gasteiger partial charge in [-0.3, -0.25) is 6.08 Å². The number of allylic oxidation sites excluding steroid dienone is 4. The van der Waals surface area contributed by atoms with Gasteiger partial charge in [0.1, 0.15) is 0 Å². The monoisotopic (exact) mass is 332 g/mol. The van der Waals surface area contributed by atoms with Crippen molar-refractivity contribution in [3.63, 3.8) is 0 Å². The Morgan fingerprint density at radius 2 is 1.88 bits per heavy atom. The molecule has 0 amide bonds. The molecule has 86 valence electrons. The first-order valence-electron chi connectivity index (χ1n) is 4.62. The average Bonchev–Trinajstić information content (AvgIpc) is 2.66. The van der Waals surface area contributed by atoms with Crippen molar-refractivity contribution in [2.24, 2.45) is 0 Å². The maximum absolute atomic E-state index is 2.99. The summed E-state index contributed by atoms with van der Waals surface area (Å²) >= 11 is 0. The normalized spacial score (nSPS) is 10.4. The van der Waals surface area contributed by atoms with Crippen LogP contribution in [0.15, 0.2) is 30.4 Å². The number of hydrogen-bond donors (Lipinski definition) is 0. The molecule has 0 unspecified atom stereocenters. The zero-order chi connectivity index (χ0) is 9.68. The van der Waals surface area contributed by atoms with Crippen molar-refractivity contribution in [2.45, 2.75) is 27.2 Å². The number of hydrogen-bond acceptors (Lipinski definition) is 0. The first-order chi connectivity index (χ1) is 6.20. The molecule has 0 aliphatic heterocycles. The molecule has 16 heavy (non-hydrogen) atoms. The second-order valence-electron chi connectivity index (χ2n) is 3.40. The van der Waals surface area contributed by atoms with Crippen molar-refractivity contribution in [3.8, 4) is 0 Å². The van der Waals surface area contributed by atoms with E-state index in [1.54, 1.807) is 0 Å². The first kappa shape index (κ1) is 21.6. The summed E-state index contributed by atoms with van der Waals surface area (Å²) in [6, 6.07) is 4.41. The maximum atomic E-state index is 2.99.